The van der Waals surface area contributed by atoms with E-state index in [0.717, 1.165) is 17.0 Å². The van der Waals surface area contributed by atoms with Gasteiger partial charge in [0.2, 0.25) is 0 Å². The van der Waals surface area contributed by atoms with E-state index in [9.17, 15) is 25.0 Å². The number of anilines is 1. The van der Waals surface area contributed by atoms with Crippen LogP contribution in [0.1, 0.15) is 12.5 Å². The molecule has 10 heteroatoms. The lowest BCUT2D eigenvalue weighted by atomic mass is 10.1. The SMILES string of the molecule is CCN1C(=O)/C(=N\OC)c2cc([N+](=O)[O-])cc([N+](=O)[O-])c21. The molecule has 10 nitrogen and oxygen atoms in total. The second kappa shape index (κ2) is 5.15. The molecular weight excluding hydrogens is 284 g/mol. The molecule has 1 aliphatic rings. The first-order chi connectivity index (χ1) is 9.92. The normalized spacial score (nSPS) is 15.2. The van der Waals surface area contributed by atoms with Crippen LogP contribution in [0, 0.1) is 20.2 Å². The average Bonchev–Trinajstić information content (AvgIpc) is 2.70. The van der Waals surface area contributed by atoms with Gasteiger partial charge in [-0.05, 0) is 6.92 Å². The zero-order valence-electron chi connectivity index (χ0n) is 11.1. The third kappa shape index (κ3) is 2.16. The van der Waals surface area contributed by atoms with Crippen molar-refractivity contribution in [3.8, 4) is 0 Å². The number of carbonyl (C=O) groups is 1. The van der Waals surface area contributed by atoms with E-state index < -0.39 is 27.1 Å². The number of carbonyl (C=O) groups excluding carboxylic acids is 1. The van der Waals surface area contributed by atoms with Crippen LogP contribution >= 0.6 is 0 Å². The van der Waals surface area contributed by atoms with Crippen molar-refractivity contribution in [2.24, 2.45) is 5.16 Å². The zero-order chi connectivity index (χ0) is 15.7. The number of benzene rings is 1. The summed E-state index contributed by atoms with van der Waals surface area (Å²) < 4.78 is 0. The number of rotatable bonds is 4. The highest BCUT2D eigenvalue weighted by atomic mass is 16.6. The van der Waals surface area contributed by atoms with E-state index >= 15 is 0 Å². The lowest BCUT2D eigenvalue weighted by Crippen LogP contribution is -2.30. The van der Waals surface area contributed by atoms with Gasteiger partial charge in [-0.25, -0.2) is 0 Å². The molecule has 110 valence electrons. The summed E-state index contributed by atoms with van der Waals surface area (Å²) in [4.78, 5) is 38.3. The monoisotopic (exact) mass is 294 g/mol. The van der Waals surface area contributed by atoms with Crippen LogP contribution in [-0.4, -0.2) is 35.1 Å². The van der Waals surface area contributed by atoms with Crippen LogP contribution in [-0.2, 0) is 9.63 Å². The Morgan fingerprint density at radius 3 is 2.43 bits per heavy atom. The molecule has 0 spiro atoms. The summed E-state index contributed by atoms with van der Waals surface area (Å²) in [5.74, 6) is -0.599. The number of hydrogen-bond acceptors (Lipinski definition) is 7. The van der Waals surface area contributed by atoms with Gasteiger partial charge < -0.3 is 9.74 Å². The quantitative estimate of drug-likeness (QED) is 0.606. The van der Waals surface area contributed by atoms with Crippen molar-refractivity contribution >= 4 is 28.7 Å². The smallest absolute Gasteiger partial charge is 0.300 e. The minimum atomic E-state index is -0.767. The largest absolute Gasteiger partial charge is 0.398 e. The summed E-state index contributed by atoms with van der Waals surface area (Å²) in [5, 5.41) is 25.6. The van der Waals surface area contributed by atoms with Crippen molar-refractivity contribution in [1.29, 1.82) is 0 Å². The second-order valence-electron chi connectivity index (χ2n) is 4.05. The minimum absolute atomic E-state index is 0.00565. The Labute approximate surface area is 117 Å². The van der Waals surface area contributed by atoms with Crippen LogP contribution in [0.3, 0.4) is 0 Å². The van der Waals surface area contributed by atoms with Gasteiger partial charge in [0, 0.05) is 18.2 Å². The number of non-ortho nitro benzene ring substituents is 1. The summed E-state index contributed by atoms with van der Waals surface area (Å²) in [6.07, 6.45) is 0. The summed E-state index contributed by atoms with van der Waals surface area (Å²) >= 11 is 0. The first-order valence-corrected chi connectivity index (χ1v) is 5.82. The molecule has 0 radical (unpaired) electrons. The maximum Gasteiger partial charge on any atom is 0.300 e. The van der Waals surface area contributed by atoms with E-state index in [1.54, 1.807) is 6.92 Å². The minimum Gasteiger partial charge on any atom is -0.398 e. The number of nitro groups is 2. The van der Waals surface area contributed by atoms with E-state index in [1.807, 2.05) is 0 Å². The maximum absolute atomic E-state index is 12.2. The molecule has 1 aromatic carbocycles. The fourth-order valence-electron chi connectivity index (χ4n) is 2.14. The lowest BCUT2D eigenvalue weighted by molar-refractivity contribution is -0.393. The average molecular weight is 294 g/mol. The van der Waals surface area contributed by atoms with Gasteiger partial charge in [-0.2, -0.15) is 0 Å². The molecule has 0 atom stereocenters. The van der Waals surface area contributed by atoms with Gasteiger partial charge in [0.05, 0.1) is 15.9 Å². The van der Waals surface area contributed by atoms with Gasteiger partial charge in [-0.3, -0.25) is 25.0 Å². The first-order valence-electron chi connectivity index (χ1n) is 5.82. The van der Waals surface area contributed by atoms with Crippen molar-refractivity contribution in [2.45, 2.75) is 6.92 Å². The molecule has 1 aromatic rings. The van der Waals surface area contributed by atoms with Crippen molar-refractivity contribution in [2.75, 3.05) is 18.6 Å². The Morgan fingerprint density at radius 1 is 1.29 bits per heavy atom. The van der Waals surface area contributed by atoms with Gasteiger partial charge in [-0.1, -0.05) is 5.16 Å². The molecule has 0 aromatic heterocycles. The zero-order valence-corrected chi connectivity index (χ0v) is 11.1. The lowest BCUT2D eigenvalue weighted by Gasteiger charge is -2.13. The molecule has 0 unspecified atom stereocenters. The Kier molecular flexibility index (Phi) is 3.52. The highest BCUT2D eigenvalue weighted by Gasteiger charge is 2.41. The summed E-state index contributed by atoms with van der Waals surface area (Å²) in [7, 11) is 1.21. The number of oxime groups is 1. The predicted molar refractivity (Wildman–Crippen MR) is 71.3 cm³/mol. The molecule has 21 heavy (non-hydrogen) atoms. The van der Waals surface area contributed by atoms with Crippen LogP contribution in [0.15, 0.2) is 17.3 Å². The highest BCUT2D eigenvalue weighted by Crippen LogP contribution is 2.40. The van der Waals surface area contributed by atoms with Crippen LogP contribution in [0.4, 0.5) is 17.1 Å². The third-order valence-corrected chi connectivity index (χ3v) is 2.95. The van der Waals surface area contributed by atoms with Crippen molar-refractivity contribution in [1.82, 2.24) is 0 Å². The molecule has 0 fully saturated rings. The number of hydrogen-bond donors (Lipinski definition) is 0. The predicted octanol–water partition coefficient (Wildman–Crippen LogP) is 1.22. The Bertz CT molecular complexity index is 684. The van der Waals surface area contributed by atoms with Gasteiger partial charge in [0.15, 0.2) is 5.71 Å². The Morgan fingerprint density at radius 2 is 1.95 bits per heavy atom. The number of amides is 1. The first kappa shape index (κ1) is 14.4. The van der Waals surface area contributed by atoms with Crippen molar-refractivity contribution < 1.29 is 19.5 Å². The molecule has 0 bridgehead atoms. The van der Waals surface area contributed by atoms with Gasteiger partial charge in [0.1, 0.15) is 12.8 Å². The topological polar surface area (TPSA) is 128 Å². The van der Waals surface area contributed by atoms with Crippen LogP contribution in [0.25, 0.3) is 0 Å². The van der Waals surface area contributed by atoms with Gasteiger partial charge in [0.25, 0.3) is 11.6 Å². The molecule has 0 saturated carbocycles. The molecule has 1 aliphatic heterocycles. The fraction of sp³-hybridized carbons (Fsp3) is 0.273. The molecule has 0 saturated heterocycles. The fourth-order valence-corrected chi connectivity index (χ4v) is 2.14. The number of likely N-dealkylation sites (N-methyl/N-ethyl adjacent to an activating group) is 1. The molecule has 2 rings (SSSR count). The Hall–Kier alpha value is -3.04. The molecule has 1 amide bonds. The summed E-state index contributed by atoms with van der Waals surface area (Å²) in [6.45, 7) is 1.79. The highest BCUT2D eigenvalue weighted by molar-refractivity contribution is 6.54. The molecule has 0 N–H and O–H groups in total. The van der Waals surface area contributed by atoms with E-state index in [0.29, 0.717) is 0 Å². The van der Waals surface area contributed by atoms with Crippen LogP contribution in [0.5, 0.6) is 0 Å². The third-order valence-electron chi connectivity index (χ3n) is 2.95. The molecule has 1 heterocycles. The number of fused-ring (bicyclic) bond motifs is 1. The van der Waals surface area contributed by atoms with Crippen LogP contribution in [0.2, 0.25) is 0 Å². The Balaban J connectivity index is 2.82. The van der Waals surface area contributed by atoms with E-state index in [1.165, 1.54) is 7.11 Å². The van der Waals surface area contributed by atoms with E-state index in [4.69, 9.17) is 0 Å². The van der Waals surface area contributed by atoms with Gasteiger partial charge in [-0.15, -0.1) is 0 Å². The molecule has 0 aliphatic carbocycles. The maximum atomic E-state index is 12.2. The summed E-state index contributed by atoms with van der Waals surface area (Å²) in [5.41, 5.74) is -1.19. The van der Waals surface area contributed by atoms with E-state index in [-0.39, 0.29) is 23.5 Å². The molecular formula is C11H10N4O6. The van der Waals surface area contributed by atoms with E-state index in [2.05, 4.69) is 9.99 Å². The van der Waals surface area contributed by atoms with Crippen molar-refractivity contribution in [3.63, 3.8) is 0 Å². The van der Waals surface area contributed by atoms with Gasteiger partial charge >= 0.3 is 5.69 Å². The summed E-state index contributed by atoms with van der Waals surface area (Å²) in [6, 6.07) is 1.90. The second-order valence-corrected chi connectivity index (χ2v) is 4.05. The number of nitro benzene ring substituents is 2. The standard InChI is InChI=1S/C11H10N4O6/c1-3-13-10-7(9(11(13)16)12-21-2)4-6(14(17)18)5-8(10)15(19)20/h4-5H,3H2,1-2H3/b12-9-. The van der Waals surface area contributed by atoms with Crippen LogP contribution < -0.4 is 4.90 Å². The number of nitrogens with zero attached hydrogens (tertiary/aromatic N) is 4. The van der Waals surface area contributed by atoms with Crippen molar-refractivity contribution in [3.05, 3.63) is 37.9 Å².